The molecule has 1 fully saturated rings. The van der Waals surface area contributed by atoms with E-state index in [0.29, 0.717) is 23.1 Å². The quantitative estimate of drug-likeness (QED) is 0.763. The first kappa shape index (κ1) is 18.6. The molecule has 7 nitrogen and oxygen atoms in total. The lowest BCUT2D eigenvalue weighted by molar-refractivity contribution is -0.121. The molecule has 0 bridgehead atoms. The number of benzene rings is 2. The Bertz CT molecular complexity index is 870. The zero-order valence-electron chi connectivity index (χ0n) is 15.6. The van der Waals surface area contributed by atoms with Crippen LogP contribution in [0.25, 0.3) is 10.8 Å². The average molecular weight is 381 g/mol. The summed E-state index contributed by atoms with van der Waals surface area (Å²) in [5.74, 6) is -0.836. The van der Waals surface area contributed by atoms with Crippen LogP contribution >= 0.6 is 0 Å². The highest BCUT2D eigenvalue weighted by Gasteiger charge is 2.32. The summed E-state index contributed by atoms with van der Waals surface area (Å²) < 4.78 is 5.30. The van der Waals surface area contributed by atoms with Gasteiger partial charge in [0.05, 0.1) is 13.2 Å². The van der Waals surface area contributed by atoms with Crippen LogP contribution in [0.5, 0.6) is 0 Å². The van der Waals surface area contributed by atoms with E-state index in [9.17, 15) is 14.4 Å². The minimum Gasteiger partial charge on any atom is -0.379 e. The first-order chi connectivity index (χ1) is 13.6. The van der Waals surface area contributed by atoms with Crippen molar-refractivity contribution >= 4 is 28.5 Å². The number of hydrogen-bond donors (Lipinski definition) is 1. The fourth-order valence-electron chi connectivity index (χ4n) is 3.76. The number of amides is 3. The maximum atomic E-state index is 12.8. The second-order valence-corrected chi connectivity index (χ2v) is 7.03. The number of hydrogen-bond acceptors (Lipinski definition) is 5. The van der Waals surface area contributed by atoms with Gasteiger partial charge < -0.3 is 10.1 Å². The van der Waals surface area contributed by atoms with Gasteiger partial charge in [0.1, 0.15) is 0 Å². The van der Waals surface area contributed by atoms with Gasteiger partial charge >= 0.3 is 0 Å². The second-order valence-electron chi connectivity index (χ2n) is 7.03. The second kappa shape index (κ2) is 8.08. The molecule has 28 heavy (non-hydrogen) atoms. The van der Waals surface area contributed by atoms with Crippen LogP contribution in [-0.2, 0) is 9.53 Å². The molecule has 7 heteroatoms. The Kier molecular flexibility index (Phi) is 5.36. The zero-order chi connectivity index (χ0) is 19.5. The highest BCUT2D eigenvalue weighted by molar-refractivity contribution is 6.25. The Morgan fingerprint density at radius 2 is 1.61 bits per heavy atom. The van der Waals surface area contributed by atoms with Gasteiger partial charge in [0.2, 0.25) is 5.91 Å². The number of carbonyl (C=O) groups excluding carboxylic acids is 3. The number of nitrogens with one attached hydrogen (secondary N) is 1. The van der Waals surface area contributed by atoms with Crippen LogP contribution in [-0.4, -0.2) is 73.5 Å². The fourth-order valence-corrected chi connectivity index (χ4v) is 3.76. The number of ether oxygens (including phenoxy) is 1. The summed E-state index contributed by atoms with van der Waals surface area (Å²) in [7, 11) is 0. The van der Waals surface area contributed by atoms with E-state index >= 15 is 0 Å². The van der Waals surface area contributed by atoms with Crippen LogP contribution in [0, 0.1) is 0 Å². The molecule has 0 radical (unpaired) electrons. The molecule has 0 aliphatic carbocycles. The maximum Gasteiger partial charge on any atom is 0.261 e. The van der Waals surface area contributed by atoms with E-state index in [1.807, 2.05) is 24.3 Å². The van der Waals surface area contributed by atoms with Crippen LogP contribution in [0.2, 0.25) is 0 Å². The summed E-state index contributed by atoms with van der Waals surface area (Å²) in [6, 6.07) is 10.9. The first-order valence-electron chi connectivity index (χ1n) is 9.60. The van der Waals surface area contributed by atoms with Gasteiger partial charge in [-0.05, 0) is 17.5 Å². The third-order valence-electron chi connectivity index (χ3n) is 5.27. The Morgan fingerprint density at radius 1 is 0.964 bits per heavy atom. The minimum atomic E-state index is -0.338. The molecule has 0 spiro atoms. The smallest absolute Gasteiger partial charge is 0.261 e. The summed E-state index contributed by atoms with van der Waals surface area (Å²) in [6.07, 6.45) is 0.0960. The molecule has 0 saturated carbocycles. The molecule has 0 unspecified atom stereocenters. The Hall–Kier alpha value is -2.77. The van der Waals surface area contributed by atoms with Crippen molar-refractivity contribution in [2.45, 2.75) is 6.42 Å². The van der Waals surface area contributed by atoms with Crippen molar-refractivity contribution in [1.29, 1.82) is 0 Å². The Balaban J connectivity index is 1.35. The zero-order valence-corrected chi connectivity index (χ0v) is 15.6. The van der Waals surface area contributed by atoms with Gasteiger partial charge in [0.15, 0.2) is 0 Å². The SMILES string of the molecule is O=C(CCN1C(=O)c2cccc3cccc(c23)C1=O)NCCN1CCOCC1. The van der Waals surface area contributed by atoms with Crippen molar-refractivity contribution in [2.75, 3.05) is 45.9 Å². The molecule has 2 aliphatic heterocycles. The molecule has 3 amide bonds. The van der Waals surface area contributed by atoms with Crippen molar-refractivity contribution in [3.8, 4) is 0 Å². The summed E-state index contributed by atoms with van der Waals surface area (Å²) in [5, 5.41) is 4.44. The van der Waals surface area contributed by atoms with Crippen LogP contribution < -0.4 is 5.32 Å². The van der Waals surface area contributed by atoms with Crippen LogP contribution in [0.4, 0.5) is 0 Å². The molecule has 146 valence electrons. The summed E-state index contributed by atoms with van der Waals surface area (Å²) in [6.45, 7) is 4.58. The largest absolute Gasteiger partial charge is 0.379 e. The van der Waals surface area contributed by atoms with E-state index in [4.69, 9.17) is 4.74 Å². The molecule has 2 aromatic carbocycles. The van der Waals surface area contributed by atoms with Crippen LogP contribution in [0.3, 0.4) is 0 Å². The van der Waals surface area contributed by atoms with Gasteiger partial charge in [-0.2, -0.15) is 0 Å². The summed E-state index contributed by atoms with van der Waals surface area (Å²) in [5.41, 5.74) is 1.03. The van der Waals surface area contributed by atoms with Crippen LogP contribution in [0.1, 0.15) is 27.1 Å². The predicted molar refractivity (Wildman–Crippen MR) is 104 cm³/mol. The lowest BCUT2D eigenvalue weighted by Gasteiger charge is -2.27. The van der Waals surface area contributed by atoms with Crippen molar-refractivity contribution in [2.24, 2.45) is 0 Å². The minimum absolute atomic E-state index is 0.0752. The van der Waals surface area contributed by atoms with E-state index in [1.165, 1.54) is 4.90 Å². The highest BCUT2D eigenvalue weighted by atomic mass is 16.5. The van der Waals surface area contributed by atoms with E-state index in [-0.39, 0.29) is 30.7 Å². The predicted octanol–water partition coefficient (Wildman–Crippen LogP) is 1.27. The highest BCUT2D eigenvalue weighted by Crippen LogP contribution is 2.29. The number of rotatable bonds is 6. The Labute approximate surface area is 163 Å². The van der Waals surface area contributed by atoms with Crippen molar-refractivity contribution < 1.29 is 19.1 Å². The van der Waals surface area contributed by atoms with E-state index in [0.717, 1.165) is 38.2 Å². The lowest BCUT2D eigenvalue weighted by atomic mass is 9.94. The fraction of sp³-hybridized carbons (Fsp3) is 0.381. The molecule has 0 aromatic heterocycles. The summed E-state index contributed by atoms with van der Waals surface area (Å²) >= 11 is 0. The third kappa shape index (κ3) is 3.63. The third-order valence-corrected chi connectivity index (χ3v) is 5.27. The normalized spacial score (nSPS) is 17.2. The standard InChI is InChI=1S/C21H23N3O4/c25-18(22-8-10-23-11-13-28-14-12-23)7-9-24-20(26)16-5-1-3-15-4-2-6-17(19(15)16)21(24)27/h1-6H,7-14H2,(H,22,25). The Morgan fingerprint density at radius 3 is 2.25 bits per heavy atom. The maximum absolute atomic E-state index is 12.8. The molecule has 1 N–H and O–H groups in total. The number of morpholine rings is 1. The molecule has 0 atom stereocenters. The molecule has 4 rings (SSSR count). The van der Waals surface area contributed by atoms with Gasteiger partial charge in [-0.25, -0.2) is 0 Å². The van der Waals surface area contributed by atoms with Crippen molar-refractivity contribution in [3.05, 3.63) is 47.5 Å². The average Bonchev–Trinajstić information content (AvgIpc) is 2.72. The lowest BCUT2D eigenvalue weighted by Crippen LogP contribution is -2.43. The number of carbonyl (C=O) groups is 3. The van der Waals surface area contributed by atoms with Crippen molar-refractivity contribution in [3.63, 3.8) is 0 Å². The number of imide groups is 1. The molecular weight excluding hydrogens is 358 g/mol. The number of nitrogens with zero attached hydrogens (tertiary/aromatic N) is 2. The molecule has 2 heterocycles. The van der Waals surface area contributed by atoms with Gasteiger partial charge in [-0.3, -0.25) is 24.2 Å². The molecule has 1 saturated heterocycles. The molecule has 2 aliphatic rings. The van der Waals surface area contributed by atoms with Crippen LogP contribution in [0.15, 0.2) is 36.4 Å². The van der Waals surface area contributed by atoms with Gasteiger partial charge in [0, 0.05) is 55.7 Å². The molecule has 2 aromatic rings. The summed E-state index contributed by atoms with van der Waals surface area (Å²) in [4.78, 5) is 41.2. The van der Waals surface area contributed by atoms with Gasteiger partial charge in [-0.1, -0.05) is 24.3 Å². The van der Waals surface area contributed by atoms with Crippen molar-refractivity contribution in [1.82, 2.24) is 15.1 Å². The first-order valence-corrected chi connectivity index (χ1v) is 9.60. The van der Waals surface area contributed by atoms with E-state index < -0.39 is 0 Å². The van der Waals surface area contributed by atoms with Gasteiger partial charge in [-0.15, -0.1) is 0 Å². The van der Waals surface area contributed by atoms with E-state index in [2.05, 4.69) is 10.2 Å². The topological polar surface area (TPSA) is 79.0 Å². The van der Waals surface area contributed by atoms with Gasteiger partial charge in [0.25, 0.3) is 11.8 Å². The van der Waals surface area contributed by atoms with E-state index in [1.54, 1.807) is 12.1 Å². The molecular formula is C21H23N3O4. The monoisotopic (exact) mass is 381 g/mol.